The van der Waals surface area contributed by atoms with E-state index in [1.807, 2.05) is 0 Å². The number of carbonyl (C=O) groups is 1. The van der Waals surface area contributed by atoms with Gasteiger partial charge in [0.25, 0.3) is 0 Å². The van der Waals surface area contributed by atoms with Crippen molar-refractivity contribution >= 4 is 65.3 Å². The van der Waals surface area contributed by atoms with E-state index in [0.717, 1.165) is 10.2 Å². The third-order valence-electron chi connectivity index (χ3n) is 3.23. The van der Waals surface area contributed by atoms with Crippen LogP contribution in [0.1, 0.15) is 17.4 Å². The van der Waals surface area contributed by atoms with Crippen LogP contribution in [0.2, 0.25) is 10.0 Å². The van der Waals surface area contributed by atoms with Gasteiger partial charge in [-0.25, -0.2) is 13.4 Å². The number of benzene rings is 1. The summed E-state index contributed by atoms with van der Waals surface area (Å²) in [7, 11) is -3.38. The van der Waals surface area contributed by atoms with Gasteiger partial charge in [-0.05, 0) is 12.1 Å². The van der Waals surface area contributed by atoms with Crippen LogP contribution in [0.25, 0.3) is 15.2 Å². The molecule has 0 atom stereocenters. The molecule has 0 bridgehead atoms. The molecule has 0 saturated carbocycles. The summed E-state index contributed by atoms with van der Waals surface area (Å²) in [6.07, 6.45) is 1.53. The third-order valence-corrected chi connectivity index (χ3v) is 6.82. The van der Waals surface area contributed by atoms with Gasteiger partial charge in [-0.15, -0.1) is 0 Å². The SMILES string of the molecule is CCS(=O)(=O)CC(=O)c1cn2c(n1)sc1c(Cl)c(Cl)ccc12. The van der Waals surface area contributed by atoms with Crippen LogP contribution in [-0.2, 0) is 9.84 Å². The number of imidazole rings is 1. The Balaban J connectivity index is 2.08. The molecule has 9 heteroatoms. The maximum atomic E-state index is 12.0. The minimum atomic E-state index is -3.38. The molecule has 3 aromatic rings. The molecule has 0 radical (unpaired) electrons. The van der Waals surface area contributed by atoms with Crippen molar-refractivity contribution < 1.29 is 13.2 Å². The number of aromatic nitrogens is 2. The van der Waals surface area contributed by atoms with Gasteiger partial charge in [0, 0.05) is 11.9 Å². The quantitative estimate of drug-likeness (QED) is 0.653. The van der Waals surface area contributed by atoms with Crippen LogP contribution in [-0.4, -0.2) is 35.1 Å². The summed E-state index contributed by atoms with van der Waals surface area (Å²) >= 11 is 13.4. The van der Waals surface area contributed by atoms with Gasteiger partial charge in [-0.3, -0.25) is 9.20 Å². The summed E-state index contributed by atoms with van der Waals surface area (Å²) in [5.74, 6) is -1.11. The third kappa shape index (κ3) is 2.62. The lowest BCUT2D eigenvalue weighted by Gasteiger charge is -1.98. The van der Waals surface area contributed by atoms with Crippen molar-refractivity contribution in [2.75, 3.05) is 11.5 Å². The summed E-state index contributed by atoms with van der Waals surface area (Å²) < 4.78 is 25.6. The van der Waals surface area contributed by atoms with Gasteiger partial charge in [0.2, 0.25) is 0 Å². The highest BCUT2D eigenvalue weighted by atomic mass is 35.5. The molecule has 0 aliphatic heterocycles. The first-order valence-corrected chi connectivity index (χ1v) is 9.71. The predicted molar refractivity (Wildman–Crippen MR) is 89.3 cm³/mol. The lowest BCUT2D eigenvalue weighted by Crippen LogP contribution is -2.18. The molecule has 0 spiro atoms. The number of hydrogen-bond acceptors (Lipinski definition) is 5. The Morgan fingerprint density at radius 1 is 1.36 bits per heavy atom. The molecule has 0 N–H and O–H groups in total. The number of halogens is 2. The maximum Gasteiger partial charge on any atom is 0.197 e. The van der Waals surface area contributed by atoms with Gasteiger partial charge < -0.3 is 0 Å². The average molecular weight is 377 g/mol. The number of sulfone groups is 1. The molecular formula is C13H10Cl2N2O3S2. The topological polar surface area (TPSA) is 68.5 Å². The van der Waals surface area contributed by atoms with Gasteiger partial charge in [0.05, 0.1) is 20.3 Å². The summed E-state index contributed by atoms with van der Waals surface area (Å²) in [6.45, 7) is 1.51. The number of rotatable bonds is 4. The fourth-order valence-electron chi connectivity index (χ4n) is 2.02. The molecule has 0 unspecified atom stereocenters. The highest BCUT2D eigenvalue weighted by molar-refractivity contribution is 7.92. The van der Waals surface area contributed by atoms with Crippen LogP contribution in [0.15, 0.2) is 18.3 Å². The highest BCUT2D eigenvalue weighted by Gasteiger charge is 2.20. The molecular weight excluding hydrogens is 367 g/mol. The molecule has 116 valence electrons. The number of thiazole rings is 1. The van der Waals surface area contributed by atoms with Crippen molar-refractivity contribution in [3.63, 3.8) is 0 Å². The average Bonchev–Trinajstić information content (AvgIpc) is 3.00. The second kappa shape index (κ2) is 5.49. The Morgan fingerprint density at radius 2 is 2.09 bits per heavy atom. The van der Waals surface area contributed by atoms with E-state index in [4.69, 9.17) is 23.2 Å². The summed E-state index contributed by atoms with van der Waals surface area (Å²) in [6, 6.07) is 3.45. The second-order valence-electron chi connectivity index (χ2n) is 4.69. The molecule has 0 aliphatic rings. The molecule has 2 heterocycles. The highest BCUT2D eigenvalue weighted by Crippen LogP contribution is 2.36. The number of fused-ring (bicyclic) bond motifs is 3. The van der Waals surface area contributed by atoms with Crippen LogP contribution in [0.4, 0.5) is 0 Å². The molecule has 0 aliphatic carbocycles. The molecule has 22 heavy (non-hydrogen) atoms. The first-order valence-electron chi connectivity index (χ1n) is 6.31. The minimum absolute atomic E-state index is 0.0714. The van der Waals surface area contributed by atoms with E-state index in [9.17, 15) is 13.2 Å². The molecule has 1 aromatic carbocycles. The first-order chi connectivity index (χ1) is 10.3. The fraction of sp³-hybridized carbons (Fsp3) is 0.231. The first kappa shape index (κ1) is 15.7. The largest absolute Gasteiger partial charge is 0.291 e. The van der Waals surface area contributed by atoms with E-state index in [1.165, 1.54) is 24.5 Å². The minimum Gasteiger partial charge on any atom is -0.291 e. The number of nitrogens with zero attached hydrogens (tertiary/aromatic N) is 2. The Hall–Kier alpha value is -1.15. The van der Waals surface area contributed by atoms with Gasteiger partial charge in [-0.1, -0.05) is 41.5 Å². The van der Waals surface area contributed by atoms with E-state index in [1.54, 1.807) is 16.5 Å². The Kier molecular flexibility index (Phi) is 3.92. The zero-order chi connectivity index (χ0) is 16.1. The van der Waals surface area contributed by atoms with Crippen molar-refractivity contribution in [3.05, 3.63) is 34.1 Å². The van der Waals surface area contributed by atoms with Gasteiger partial charge >= 0.3 is 0 Å². The monoisotopic (exact) mass is 376 g/mol. The smallest absolute Gasteiger partial charge is 0.197 e. The van der Waals surface area contributed by atoms with Crippen LogP contribution < -0.4 is 0 Å². The standard InChI is InChI=1S/C13H10Cl2N2O3S2/c1-2-22(19,20)6-10(18)8-5-17-9-4-3-7(14)11(15)12(9)21-13(17)16-8/h3-5H,2,6H2,1H3. The predicted octanol–water partition coefficient (Wildman–Crippen LogP) is 3.47. The van der Waals surface area contributed by atoms with Crippen LogP contribution >= 0.6 is 34.5 Å². The zero-order valence-corrected chi connectivity index (χ0v) is 14.5. The van der Waals surface area contributed by atoms with Crippen LogP contribution in [0, 0.1) is 0 Å². The number of ketones is 1. The lowest BCUT2D eigenvalue weighted by atomic mass is 10.3. The van der Waals surface area contributed by atoms with Crippen LogP contribution in [0.3, 0.4) is 0 Å². The Labute approximate surface area is 140 Å². The van der Waals surface area contributed by atoms with Crippen molar-refractivity contribution in [3.8, 4) is 0 Å². The maximum absolute atomic E-state index is 12.0. The molecule has 0 fully saturated rings. The fourth-order valence-corrected chi connectivity index (χ4v) is 4.30. The van der Waals surface area contributed by atoms with Gasteiger partial charge in [0.1, 0.15) is 11.4 Å². The number of hydrogen-bond donors (Lipinski definition) is 0. The van der Waals surface area contributed by atoms with Gasteiger partial charge in [-0.2, -0.15) is 0 Å². The lowest BCUT2D eigenvalue weighted by molar-refractivity contribution is 0.101. The van der Waals surface area contributed by atoms with E-state index < -0.39 is 21.4 Å². The summed E-state index contributed by atoms with van der Waals surface area (Å²) in [5.41, 5.74) is 0.913. The van der Waals surface area contributed by atoms with E-state index >= 15 is 0 Å². The number of Topliss-reactive ketones (excluding diaryl/α,β-unsaturated/α-hetero) is 1. The molecule has 2 aromatic heterocycles. The second-order valence-corrected chi connectivity index (χ2v) is 8.81. The van der Waals surface area contributed by atoms with Gasteiger partial charge in [0.15, 0.2) is 20.6 Å². The van der Waals surface area contributed by atoms with Crippen molar-refractivity contribution in [2.24, 2.45) is 0 Å². The van der Waals surface area contributed by atoms with Crippen LogP contribution in [0.5, 0.6) is 0 Å². The Morgan fingerprint density at radius 3 is 2.77 bits per heavy atom. The van der Waals surface area contributed by atoms with E-state index in [-0.39, 0.29) is 11.4 Å². The summed E-state index contributed by atoms with van der Waals surface area (Å²) in [5, 5.41) is 0.889. The molecule has 0 saturated heterocycles. The number of carbonyl (C=O) groups excluding carboxylic acids is 1. The van der Waals surface area contributed by atoms with Crippen molar-refractivity contribution in [1.82, 2.24) is 9.38 Å². The molecule has 5 nitrogen and oxygen atoms in total. The van der Waals surface area contributed by atoms with Crippen molar-refractivity contribution in [2.45, 2.75) is 6.92 Å². The normalized spacial score (nSPS) is 12.3. The zero-order valence-electron chi connectivity index (χ0n) is 11.3. The summed E-state index contributed by atoms with van der Waals surface area (Å²) in [4.78, 5) is 16.8. The van der Waals surface area contributed by atoms with E-state index in [2.05, 4.69) is 4.98 Å². The molecule has 0 amide bonds. The Bertz CT molecular complexity index is 1010. The molecule has 3 rings (SSSR count). The van der Waals surface area contributed by atoms with Crippen molar-refractivity contribution in [1.29, 1.82) is 0 Å². The van der Waals surface area contributed by atoms with E-state index in [0.29, 0.717) is 15.0 Å².